The van der Waals surface area contributed by atoms with Gasteiger partial charge in [0.2, 0.25) is 0 Å². The van der Waals surface area contributed by atoms with Gasteiger partial charge in [-0.1, -0.05) is 0 Å². The summed E-state index contributed by atoms with van der Waals surface area (Å²) in [6.07, 6.45) is 3.89. The Morgan fingerprint density at radius 3 is 2.73 bits per heavy atom. The van der Waals surface area contributed by atoms with Gasteiger partial charge in [-0.05, 0) is 37.3 Å². The molecule has 0 fully saturated rings. The van der Waals surface area contributed by atoms with Crippen LogP contribution < -0.4 is 4.74 Å². The summed E-state index contributed by atoms with van der Waals surface area (Å²) in [5, 5.41) is 10.9. The zero-order valence-electron chi connectivity index (χ0n) is 8.66. The van der Waals surface area contributed by atoms with E-state index in [1.54, 1.807) is 0 Å². The molecule has 15 heavy (non-hydrogen) atoms. The Labute approximate surface area is 88.0 Å². The first-order valence-corrected chi connectivity index (χ1v) is 5.06. The van der Waals surface area contributed by atoms with Crippen molar-refractivity contribution in [2.75, 3.05) is 7.11 Å². The molecule has 0 unspecified atom stereocenters. The van der Waals surface area contributed by atoms with E-state index in [2.05, 4.69) is 0 Å². The Hall–Kier alpha value is -1.58. The predicted molar refractivity (Wildman–Crippen MR) is 56.3 cm³/mol. The Bertz CT molecular complexity index is 401. The number of hydrogen-bond acceptors (Lipinski definition) is 3. The maximum absolute atomic E-state index is 10.9. The summed E-state index contributed by atoms with van der Waals surface area (Å²) in [6, 6.07) is 3.44. The molecule has 1 aromatic carbocycles. The topological polar surface area (TPSA) is 52.4 Å². The maximum Gasteiger partial charge on any atom is 0.276 e. The fourth-order valence-corrected chi connectivity index (χ4v) is 2.10. The molecule has 0 bridgehead atoms. The van der Waals surface area contributed by atoms with Crippen molar-refractivity contribution >= 4 is 5.69 Å². The quantitative estimate of drug-likeness (QED) is 0.553. The van der Waals surface area contributed by atoms with Crippen molar-refractivity contribution in [1.82, 2.24) is 0 Å². The van der Waals surface area contributed by atoms with Crippen LogP contribution in [0.25, 0.3) is 0 Å². The summed E-state index contributed by atoms with van der Waals surface area (Å²) < 4.78 is 5.07. The molecule has 1 aromatic rings. The number of hydrogen-bond donors (Lipinski definition) is 0. The standard InChI is InChI=1S/C11H13NO3/c1-15-9-6-8-4-2-3-5-10(8)11(7-9)12(13)14/h6-7H,2-5H2,1H3. The minimum Gasteiger partial charge on any atom is -0.496 e. The highest BCUT2D eigenvalue weighted by Gasteiger charge is 2.21. The highest BCUT2D eigenvalue weighted by Crippen LogP contribution is 2.33. The number of nitrogens with zero attached hydrogens (tertiary/aromatic N) is 1. The molecule has 80 valence electrons. The van der Waals surface area contributed by atoms with Crippen LogP contribution in [0.5, 0.6) is 5.75 Å². The molecule has 0 saturated carbocycles. The summed E-state index contributed by atoms with van der Waals surface area (Å²) in [7, 11) is 1.54. The van der Waals surface area contributed by atoms with Crippen LogP contribution in [0.4, 0.5) is 5.69 Å². The van der Waals surface area contributed by atoms with Crippen molar-refractivity contribution in [3.63, 3.8) is 0 Å². The summed E-state index contributed by atoms with van der Waals surface area (Å²) in [4.78, 5) is 10.6. The molecule has 4 heteroatoms. The van der Waals surface area contributed by atoms with Crippen LogP contribution in [0, 0.1) is 10.1 Å². The minimum absolute atomic E-state index is 0.212. The van der Waals surface area contributed by atoms with E-state index in [1.807, 2.05) is 6.07 Å². The molecule has 1 aliphatic carbocycles. The molecule has 2 rings (SSSR count). The van der Waals surface area contributed by atoms with E-state index >= 15 is 0 Å². The molecular formula is C11H13NO3. The Morgan fingerprint density at radius 1 is 1.33 bits per heavy atom. The SMILES string of the molecule is COc1cc2c(c([N+](=O)[O-])c1)CCCC2. The summed E-state index contributed by atoms with van der Waals surface area (Å²) >= 11 is 0. The van der Waals surface area contributed by atoms with Crippen LogP contribution in [0.15, 0.2) is 12.1 Å². The smallest absolute Gasteiger partial charge is 0.276 e. The monoisotopic (exact) mass is 207 g/mol. The third kappa shape index (κ3) is 1.79. The number of ether oxygens (including phenoxy) is 1. The average molecular weight is 207 g/mol. The lowest BCUT2D eigenvalue weighted by Gasteiger charge is -2.16. The zero-order valence-corrected chi connectivity index (χ0v) is 8.66. The summed E-state index contributed by atoms with van der Waals surface area (Å²) in [5.74, 6) is 0.586. The number of benzene rings is 1. The fraction of sp³-hybridized carbons (Fsp3) is 0.455. The van der Waals surface area contributed by atoms with E-state index in [0.717, 1.165) is 36.8 Å². The van der Waals surface area contributed by atoms with E-state index < -0.39 is 0 Å². The largest absolute Gasteiger partial charge is 0.496 e. The molecule has 0 spiro atoms. The summed E-state index contributed by atoms with van der Waals surface area (Å²) in [6.45, 7) is 0. The number of methoxy groups -OCH3 is 1. The Balaban J connectivity index is 2.55. The third-order valence-electron chi connectivity index (χ3n) is 2.85. The number of nitro groups is 1. The van der Waals surface area contributed by atoms with Crippen molar-refractivity contribution in [1.29, 1.82) is 0 Å². The molecule has 0 aliphatic heterocycles. The molecule has 0 saturated heterocycles. The molecule has 0 heterocycles. The van der Waals surface area contributed by atoms with Gasteiger partial charge in [0, 0.05) is 5.56 Å². The van der Waals surface area contributed by atoms with Gasteiger partial charge in [-0.15, -0.1) is 0 Å². The molecule has 0 atom stereocenters. The van der Waals surface area contributed by atoms with Gasteiger partial charge in [-0.2, -0.15) is 0 Å². The van der Waals surface area contributed by atoms with Gasteiger partial charge in [-0.25, -0.2) is 0 Å². The van der Waals surface area contributed by atoms with Crippen LogP contribution in [0.1, 0.15) is 24.0 Å². The van der Waals surface area contributed by atoms with Gasteiger partial charge in [0.05, 0.1) is 18.1 Å². The van der Waals surface area contributed by atoms with Crippen molar-refractivity contribution in [3.05, 3.63) is 33.4 Å². The zero-order chi connectivity index (χ0) is 10.8. The molecule has 0 N–H and O–H groups in total. The van der Waals surface area contributed by atoms with E-state index in [9.17, 15) is 10.1 Å². The lowest BCUT2D eigenvalue weighted by Crippen LogP contribution is -2.06. The van der Waals surface area contributed by atoms with E-state index in [-0.39, 0.29) is 10.6 Å². The number of rotatable bonds is 2. The highest BCUT2D eigenvalue weighted by atomic mass is 16.6. The first kappa shape index (κ1) is 9.96. The second-order valence-electron chi connectivity index (χ2n) is 3.75. The average Bonchev–Trinajstić information content (AvgIpc) is 2.27. The maximum atomic E-state index is 10.9. The summed E-state index contributed by atoms with van der Waals surface area (Å²) in [5.41, 5.74) is 2.18. The third-order valence-corrected chi connectivity index (χ3v) is 2.85. The van der Waals surface area contributed by atoms with E-state index in [4.69, 9.17) is 4.74 Å². The first-order chi connectivity index (χ1) is 7.22. The van der Waals surface area contributed by atoms with Gasteiger partial charge in [0.15, 0.2) is 0 Å². The Kier molecular flexibility index (Phi) is 2.58. The molecule has 1 aliphatic rings. The second kappa shape index (κ2) is 3.88. The lowest BCUT2D eigenvalue weighted by molar-refractivity contribution is -0.385. The molecule has 0 aromatic heterocycles. The predicted octanol–water partition coefficient (Wildman–Crippen LogP) is 2.48. The number of nitro benzene ring substituents is 1. The van der Waals surface area contributed by atoms with Crippen LogP contribution >= 0.6 is 0 Å². The van der Waals surface area contributed by atoms with Crippen LogP contribution in [0.2, 0.25) is 0 Å². The highest BCUT2D eigenvalue weighted by molar-refractivity contribution is 5.52. The fourth-order valence-electron chi connectivity index (χ4n) is 2.10. The second-order valence-corrected chi connectivity index (χ2v) is 3.75. The molecule has 0 radical (unpaired) electrons. The minimum atomic E-state index is -0.313. The van der Waals surface area contributed by atoms with Gasteiger partial charge in [0.25, 0.3) is 5.69 Å². The van der Waals surface area contributed by atoms with E-state index in [0.29, 0.717) is 5.75 Å². The first-order valence-electron chi connectivity index (χ1n) is 5.06. The van der Waals surface area contributed by atoms with Crippen LogP contribution in [-0.2, 0) is 12.8 Å². The molecular weight excluding hydrogens is 194 g/mol. The van der Waals surface area contributed by atoms with Gasteiger partial charge >= 0.3 is 0 Å². The molecule has 4 nitrogen and oxygen atoms in total. The van der Waals surface area contributed by atoms with Crippen molar-refractivity contribution in [2.24, 2.45) is 0 Å². The van der Waals surface area contributed by atoms with Gasteiger partial charge in [-0.3, -0.25) is 10.1 Å². The van der Waals surface area contributed by atoms with E-state index in [1.165, 1.54) is 13.2 Å². The van der Waals surface area contributed by atoms with Crippen LogP contribution in [0.3, 0.4) is 0 Å². The van der Waals surface area contributed by atoms with Crippen LogP contribution in [-0.4, -0.2) is 12.0 Å². The lowest BCUT2D eigenvalue weighted by atomic mass is 9.90. The normalized spacial score (nSPS) is 14.5. The number of aryl methyl sites for hydroxylation is 1. The van der Waals surface area contributed by atoms with Crippen molar-refractivity contribution in [2.45, 2.75) is 25.7 Å². The van der Waals surface area contributed by atoms with Crippen molar-refractivity contribution < 1.29 is 9.66 Å². The van der Waals surface area contributed by atoms with Crippen molar-refractivity contribution in [3.8, 4) is 5.75 Å². The molecule has 0 amide bonds. The van der Waals surface area contributed by atoms with Gasteiger partial charge in [0.1, 0.15) is 5.75 Å². The van der Waals surface area contributed by atoms with Gasteiger partial charge < -0.3 is 4.74 Å². The number of fused-ring (bicyclic) bond motifs is 1. The Morgan fingerprint density at radius 2 is 2.07 bits per heavy atom.